The van der Waals surface area contributed by atoms with Crippen molar-refractivity contribution in [2.24, 2.45) is 5.73 Å². The molecule has 0 unspecified atom stereocenters. The molecule has 0 bridgehead atoms. The quantitative estimate of drug-likeness (QED) is 0.559. The van der Waals surface area contributed by atoms with Crippen LogP contribution in [0, 0.1) is 0 Å². The molecule has 0 saturated carbocycles. The average molecular weight is 279 g/mol. The van der Waals surface area contributed by atoms with Gasteiger partial charge in [-0.3, -0.25) is 9.59 Å². The lowest BCUT2D eigenvalue weighted by atomic mass is 10.1. The second-order valence-electron chi connectivity index (χ2n) is 4.54. The molecule has 1 aromatic carbocycles. The fourth-order valence-electron chi connectivity index (χ4n) is 1.60. The van der Waals surface area contributed by atoms with E-state index in [0.717, 1.165) is 12.0 Å². The van der Waals surface area contributed by atoms with Crippen molar-refractivity contribution in [3.8, 4) is 5.75 Å². The molecule has 0 saturated heterocycles. The highest BCUT2D eigenvalue weighted by atomic mass is 16.3. The van der Waals surface area contributed by atoms with Crippen LogP contribution in [0.3, 0.4) is 0 Å². The topological polar surface area (TPSA) is 104 Å². The van der Waals surface area contributed by atoms with Crippen LogP contribution in [0.1, 0.15) is 18.9 Å². The number of amides is 2. The van der Waals surface area contributed by atoms with E-state index < -0.39 is 6.04 Å². The molecule has 0 heterocycles. The summed E-state index contributed by atoms with van der Waals surface area (Å²) in [7, 11) is 0. The Morgan fingerprint density at radius 2 is 1.90 bits per heavy atom. The maximum atomic E-state index is 11.7. The van der Waals surface area contributed by atoms with Crippen LogP contribution in [0.2, 0.25) is 0 Å². The minimum Gasteiger partial charge on any atom is -0.508 e. The Labute approximate surface area is 118 Å². The first kappa shape index (κ1) is 16.0. The Bertz CT molecular complexity index is 445. The highest BCUT2D eigenvalue weighted by molar-refractivity contribution is 5.87. The number of phenols is 1. The molecule has 1 rings (SSSR count). The van der Waals surface area contributed by atoms with Gasteiger partial charge in [-0.15, -0.1) is 0 Å². The molecule has 0 spiro atoms. The van der Waals surface area contributed by atoms with Gasteiger partial charge in [-0.05, 0) is 30.5 Å². The molecule has 1 aromatic rings. The molecular formula is C14H21N3O3. The molecule has 0 aliphatic rings. The third-order valence-corrected chi connectivity index (χ3v) is 2.72. The van der Waals surface area contributed by atoms with Crippen LogP contribution in [0.5, 0.6) is 5.75 Å². The van der Waals surface area contributed by atoms with Crippen LogP contribution in [0.15, 0.2) is 24.3 Å². The number of aromatic hydroxyl groups is 1. The molecule has 0 radical (unpaired) electrons. The summed E-state index contributed by atoms with van der Waals surface area (Å²) in [6, 6.07) is 5.77. The third kappa shape index (κ3) is 5.71. The first-order valence-electron chi connectivity index (χ1n) is 6.60. The molecule has 0 aliphatic carbocycles. The molecule has 0 aliphatic heterocycles. The predicted octanol–water partition coefficient (Wildman–Crippen LogP) is -0.0956. The summed E-state index contributed by atoms with van der Waals surface area (Å²) >= 11 is 0. The van der Waals surface area contributed by atoms with Gasteiger partial charge < -0.3 is 21.5 Å². The molecule has 6 nitrogen and oxygen atoms in total. The number of rotatable bonds is 7. The van der Waals surface area contributed by atoms with Crippen LogP contribution in [-0.4, -0.2) is 36.1 Å². The van der Waals surface area contributed by atoms with Crippen molar-refractivity contribution in [3.05, 3.63) is 29.8 Å². The summed E-state index contributed by atoms with van der Waals surface area (Å²) in [5.41, 5.74) is 6.62. The van der Waals surface area contributed by atoms with E-state index in [1.807, 2.05) is 6.92 Å². The van der Waals surface area contributed by atoms with Gasteiger partial charge in [-0.2, -0.15) is 0 Å². The monoisotopic (exact) mass is 279 g/mol. The van der Waals surface area contributed by atoms with E-state index in [1.165, 1.54) is 12.1 Å². The zero-order valence-electron chi connectivity index (χ0n) is 11.6. The van der Waals surface area contributed by atoms with E-state index in [-0.39, 0.29) is 24.1 Å². The number of nitrogens with one attached hydrogen (secondary N) is 2. The van der Waals surface area contributed by atoms with Crippen molar-refractivity contribution in [3.63, 3.8) is 0 Å². The fourth-order valence-corrected chi connectivity index (χ4v) is 1.60. The van der Waals surface area contributed by atoms with Gasteiger partial charge in [0.25, 0.3) is 0 Å². The van der Waals surface area contributed by atoms with Crippen molar-refractivity contribution in [1.82, 2.24) is 10.6 Å². The van der Waals surface area contributed by atoms with Gasteiger partial charge in [0.05, 0.1) is 12.6 Å². The van der Waals surface area contributed by atoms with Crippen LogP contribution >= 0.6 is 0 Å². The highest BCUT2D eigenvalue weighted by Crippen LogP contribution is 2.10. The molecule has 5 N–H and O–H groups in total. The Morgan fingerprint density at radius 1 is 1.25 bits per heavy atom. The van der Waals surface area contributed by atoms with Gasteiger partial charge in [-0.1, -0.05) is 19.1 Å². The first-order chi connectivity index (χ1) is 9.52. The summed E-state index contributed by atoms with van der Waals surface area (Å²) < 4.78 is 0. The summed E-state index contributed by atoms with van der Waals surface area (Å²) in [5, 5.41) is 14.3. The van der Waals surface area contributed by atoms with Crippen molar-refractivity contribution in [2.45, 2.75) is 25.8 Å². The number of carbonyl (C=O) groups is 2. The summed E-state index contributed by atoms with van der Waals surface area (Å²) in [6.45, 7) is 2.48. The van der Waals surface area contributed by atoms with E-state index in [1.54, 1.807) is 12.1 Å². The minimum atomic E-state index is -0.724. The largest absolute Gasteiger partial charge is 0.508 e. The highest BCUT2D eigenvalue weighted by Gasteiger charge is 2.14. The van der Waals surface area contributed by atoms with E-state index in [4.69, 9.17) is 10.8 Å². The number of phenolic OH excluding ortho intramolecular Hbond substituents is 1. The van der Waals surface area contributed by atoms with Crippen LogP contribution in [0.4, 0.5) is 0 Å². The molecule has 20 heavy (non-hydrogen) atoms. The maximum absolute atomic E-state index is 11.7. The number of benzene rings is 1. The SMILES string of the molecule is CCCNC(=O)CNC(=O)[C@@H](N)Cc1ccc(O)cc1. The molecule has 110 valence electrons. The zero-order valence-corrected chi connectivity index (χ0v) is 11.6. The maximum Gasteiger partial charge on any atom is 0.239 e. The molecule has 0 aromatic heterocycles. The predicted molar refractivity (Wildman–Crippen MR) is 76.1 cm³/mol. The van der Waals surface area contributed by atoms with Crippen molar-refractivity contribution in [2.75, 3.05) is 13.1 Å². The Balaban J connectivity index is 2.35. The summed E-state index contributed by atoms with van der Waals surface area (Å²) in [6.07, 6.45) is 1.20. The smallest absolute Gasteiger partial charge is 0.239 e. The lowest BCUT2D eigenvalue weighted by molar-refractivity contribution is -0.126. The van der Waals surface area contributed by atoms with E-state index in [9.17, 15) is 9.59 Å². The standard InChI is InChI=1S/C14H21N3O3/c1-2-7-16-13(19)9-17-14(20)12(15)8-10-3-5-11(18)6-4-10/h3-6,12,18H,2,7-9,15H2,1H3,(H,16,19)(H,17,20)/t12-/m0/s1. The van der Waals surface area contributed by atoms with Gasteiger partial charge >= 0.3 is 0 Å². The zero-order chi connectivity index (χ0) is 15.0. The molecule has 6 heteroatoms. The van der Waals surface area contributed by atoms with E-state index in [0.29, 0.717) is 13.0 Å². The van der Waals surface area contributed by atoms with Crippen molar-refractivity contribution < 1.29 is 14.7 Å². The molecular weight excluding hydrogens is 258 g/mol. The lowest BCUT2D eigenvalue weighted by Gasteiger charge is -2.12. The fraction of sp³-hybridized carbons (Fsp3) is 0.429. The van der Waals surface area contributed by atoms with Crippen LogP contribution < -0.4 is 16.4 Å². The minimum absolute atomic E-state index is 0.0674. The lowest BCUT2D eigenvalue weighted by Crippen LogP contribution is -2.45. The van der Waals surface area contributed by atoms with E-state index >= 15 is 0 Å². The first-order valence-corrected chi connectivity index (χ1v) is 6.60. The van der Waals surface area contributed by atoms with Crippen molar-refractivity contribution in [1.29, 1.82) is 0 Å². The van der Waals surface area contributed by atoms with Crippen LogP contribution in [0.25, 0.3) is 0 Å². The number of hydrogen-bond acceptors (Lipinski definition) is 4. The summed E-state index contributed by atoms with van der Waals surface area (Å²) in [4.78, 5) is 23.1. The van der Waals surface area contributed by atoms with E-state index in [2.05, 4.69) is 10.6 Å². The Morgan fingerprint density at radius 3 is 2.50 bits per heavy atom. The molecule has 2 amide bonds. The second-order valence-corrected chi connectivity index (χ2v) is 4.54. The Kier molecular flexibility index (Phi) is 6.52. The number of hydrogen-bond donors (Lipinski definition) is 4. The Hall–Kier alpha value is -2.08. The number of carbonyl (C=O) groups excluding carboxylic acids is 2. The summed E-state index contributed by atoms with van der Waals surface area (Å²) in [5.74, 6) is -0.430. The van der Waals surface area contributed by atoms with Gasteiger partial charge in [0.15, 0.2) is 0 Å². The van der Waals surface area contributed by atoms with Crippen LogP contribution in [-0.2, 0) is 16.0 Å². The van der Waals surface area contributed by atoms with Crippen molar-refractivity contribution >= 4 is 11.8 Å². The second kappa shape index (κ2) is 8.16. The number of nitrogens with two attached hydrogens (primary N) is 1. The van der Waals surface area contributed by atoms with Gasteiger partial charge in [-0.25, -0.2) is 0 Å². The van der Waals surface area contributed by atoms with Gasteiger partial charge in [0.1, 0.15) is 5.75 Å². The average Bonchev–Trinajstić information content (AvgIpc) is 2.44. The molecule has 1 atom stereocenters. The van der Waals surface area contributed by atoms with Gasteiger partial charge in [0, 0.05) is 6.54 Å². The van der Waals surface area contributed by atoms with Gasteiger partial charge in [0.2, 0.25) is 11.8 Å². The molecule has 0 fully saturated rings. The third-order valence-electron chi connectivity index (χ3n) is 2.72. The normalized spacial score (nSPS) is 11.7.